The lowest BCUT2D eigenvalue weighted by Crippen LogP contribution is -2.36. The molecule has 0 aliphatic carbocycles. The Morgan fingerprint density at radius 1 is 1.42 bits per heavy atom. The van der Waals surface area contributed by atoms with E-state index >= 15 is 0 Å². The molecule has 108 valence electrons. The van der Waals surface area contributed by atoms with Crippen LogP contribution in [0.5, 0.6) is 0 Å². The van der Waals surface area contributed by atoms with Crippen LogP contribution in [0.25, 0.3) is 0 Å². The molecule has 0 aliphatic heterocycles. The summed E-state index contributed by atoms with van der Waals surface area (Å²) in [5.74, 6) is -0.767. The van der Waals surface area contributed by atoms with Gasteiger partial charge in [-0.2, -0.15) is 0 Å². The number of hydrogen-bond acceptors (Lipinski definition) is 4. The molecule has 1 rings (SSSR count). The second kappa shape index (κ2) is 6.95. The molecule has 0 radical (unpaired) electrons. The molecule has 19 heavy (non-hydrogen) atoms. The van der Waals surface area contributed by atoms with E-state index in [0.29, 0.717) is 12.1 Å². The molecule has 0 aromatic heterocycles. The minimum Gasteiger partial charge on any atom is -0.383 e. The fraction of sp³-hybridized carbons (Fsp3) is 0.500. The molecule has 0 bridgehead atoms. The molecule has 0 heterocycles. The van der Waals surface area contributed by atoms with Crippen LogP contribution in [0.3, 0.4) is 0 Å². The quantitative estimate of drug-likeness (QED) is 0.781. The first-order chi connectivity index (χ1) is 8.90. The number of hydrogen-bond donors (Lipinski definition) is 2. The van der Waals surface area contributed by atoms with Crippen LogP contribution in [0.1, 0.15) is 12.5 Å². The van der Waals surface area contributed by atoms with Crippen molar-refractivity contribution in [3.05, 3.63) is 29.6 Å². The van der Waals surface area contributed by atoms with Gasteiger partial charge in [0.25, 0.3) is 0 Å². The minimum atomic E-state index is -3.89. The van der Waals surface area contributed by atoms with Crippen LogP contribution in [-0.4, -0.2) is 35.2 Å². The van der Waals surface area contributed by atoms with Gasteiger partial charge in [0.05, 0.1) is 6.61 Å². The van der Waals surface area contributed by atoms with Crippen molar-refractivity contribution in [1.29, 1.82) is 0 Å². The highest BCUT2D eigenvalue weighted by atomic mass is 32.2. The van der Waals surface area contributed by atoms with E-state index in [1.54, 1.807) is 20.0 Å². The maximum absolute atomic E-state index is 13.7. The van der Waals surface area contributed by atoms with Crippen LogP contribution < -0.4 is 10.0 Å². The monoisotopic (exact) mass is 290 g/mol. The second-order valence-electron chi connectivity index (χ2n) is 4.27. The Hall–Kier alpha value is -1.02. The van der Waals surface area contributed by atoms with Crippen molar-refractivity contribution >= 4 is 10.0 Å². The van der Waals surface area contributed by atoms with Crippen molar-refractivity contribution in [2.45, 2.75) is 24.4 Å². The normalized spacial score (nSPS) is 13.5. The van der Waals surface area contributed by atoms with Gasteiger partial charge in [-0.1, -0.05) is 6.07 Å². The van der Waals surface area contributed by atoms with Gasteiger partial charge in [-0.15, -0.1) is 0 Å². The van der Waals surface area contributed by atoms with Gasteiger partial charge >= 0.3 is 0 Å². The number of benzene rings is 1. The summed E-state index contributed by atoms with van der Waals surface area (Å²) < 4.78 is 45.0. The zero-order chi connectivity index (χ0) is 14.5. The van der Waals surface area contributed by atoms with Gasteiger partial charge in [-0.3, -0.25) is 0 Å². The summed E-state index contributed by atoms with van der Waals surface area (Å²) in [6.45, 7) is 2.34. The van der Waals surface area contributed by atoms with E-state index in [2.05, 4.69) is 10.0 Å². The summed E-state index contributed by atoms with van der Waals surface area (Å²) in [5, 5.41) is 2.89. The lowest BCUT2D eigenvalue weighted by molar-refractivity contribution is 0.180. The molecule has 0 amide bonds. The minimum absolute atomic E-state index is 0.219. The first-order valence-electron chi connectivity index (χ1n) is 5.85. The number of rotatable bonds is 7. The molecular formula is C12H19FN2O3S. The van der Waals surface area contributed by atoms with Gasteiger partial charge < -0.3 is 10.1 Å². The molecule has 1 aromatic rings. The third-order valence-electron chi connectivity index (χ3n) is 2.44. The maximum Gasteiger partial charge on any atom is 0.243 e. The highest BCUT2D eigenvalue weighted by Crippen LogP contribution is 2.16. The molecule has 0 spiro atoms. The lowest BCUT2D eigenvalue weighted by atomic mass is 10.2. The Morgan fingerprint density at radius 3 is 2.68 bits per heavy atom. The summed E-state index contributed by atoms with van der Waals surface area (Å²) in [6.07, 6.45) is 0. The Bertz CT molecular complexity index is 520. The molecular weight excluding hydrogens is 271 g/mol. The topological polar surface area (TPSA) is 67.4 Å². The smallest absolute Gasteiger partial charge is 0.243 e. The third kappa shape index (κ3) is 4.54. The average molecular weight is 290 g/mol. The van der Waals surface area contributed by atoms with Crippen LogP contribution in [0.2, 0.25) is 0 Å². The summed E-state index contributed by atoms with van der Waals surface area (Å²) >= 11 is 0. The first-order valence-corrected chi connectivity index (χ1v) is 7.33. The van der Waals surface area contributed by atoms with Gasteiger partial charge in [0.15, 0.2) is 0 Å². The number of methoxy groups -OCH3 is 1. The van der Waals surface area contributed by atoms with E-state index in [4.69, 9.17) is 4.74 Å². The van der Waals surface area contributed by atoms with E-state index in [1.807, 2.05) is 0 Å². The number of ether oxygens (including phenoxy) is 1. The van der Waals surface area contributed by atoms with Crippen LogP contribution in [0, 0.1) is 5.82 Å². The molecule has 1 aromatic carbocycles. The molecule has 0 fully saturated rings. The van der Waals surface area contributed by atoms with E-state index in [0.717, 1.165) is 6.07 Å². The molecule has 0 aliphatic rings. The van der Waals surface area contributed by atoms with E-state index in [9.17, 15) is 12.8 Å². The Morgan fingerprint density at radius 2 is 2.11 bits per heavy atom. The highest BCUT2D eigenvalue weighted by molar-refractivity contribution is 7.89. The van der Waals surface area contributed by atoms with Crippen LogP contribution >= 0.6 is 0 Å². The summed E-state index contributed by atoms with van der Waals surface area (Å²) in [4.78, 5) is -0.344. The van der Waals surface area contributed by atoms with Crippen molar-refractivity contribution in [2.24, 2.45) is 0 Å². The first kappa shape index (κ1) is 16.0. The van der Waals surface area contributed by atoms with E-state index < -0.39 is 21.9 Å². The maximum atomic E-state index is 13.7. The standard InChI is InChI=1S/C12H19FN2O3S/c1-9(8-18-3)15-19(16,17)12-6-10(7-14-2)4-5-11(12)13/h4-6,9,14-15H,7-8H2,1-3H3. The third-order valence-corrected chi connectivity index (χ3v) is 4.04. The SMILES string of the molecule is CNCc1ccc(F)c(S(=O)(=O)NC(C)COC)c1. The van der Waals surface area contributed by atoms with Crippen molar-refractivity contribution < 1.29 is 17.5 Å². The van der Waals surface area contributed by atoms with Crippen LogP contribution in [-0.2, 0) is 21.3 Å². The zero-order valence-electron chi connectivity index (χ0n) is 11.2. The summed E-state index contributed by atoms with van der Waals surface area (Å²) in [6, 6.07) is 3.60. The molecule has 0 saturated carbocycles. The molecule has 5 nitrogen and oxygen atoms in total. The Kier molecular flexibility index (Phi) is 5.86. The number of sulfonamides is 1. The lowest BCUT2D eigenvalue weighted by Gasteiger charge is -2.14. The van der Waals surface area contributed by atoms with E-state index in [-0.39, 0.29) is 11.5 Å². The summed E-state index contributed by atoms with van der Waals surface area (Å²) in [5.41, 5.74) is 0.698. The fourth-order valence-corrected chi connectivity index (χ4v) is 3.04. The van der Waals surface area contributed by atoms with E-state index in [1.165, 1.54) is 13.2 Å². The number of nitrogens with one attached hydrogen (secondary N) is 2. The van der Waals surface area contributed by atoms with Crippen molar-refractivity contribution in [3.8, 4) is 0 Å². The van der Waals surface area contributed by atoms with Crippen LogP contribution in [0.4, 0.5) is 4.39 Å². The highest BCUT2D eigenvalue weighted by Gasteiger charge is 2.21. The fourth-order valence-electron chi connectivity index (χ4n) is 1.68. The molecule has 2 N–H and O–H groups in total. The van der Waals surface area contributed by atoms with Gasteiger partial charge in [0.1, 0.15) is 10.7 Å². The average Bonchev–Trinajstić information content (AvgIpc) is 2.31. The largest absolute Gasteiger partial charge is 0.383 e. The molecule has 1 atom stereocenters. The van der Waals surface area contributed by atoms with Gasteiger partial charge in [0, 0.05) is 19.7 Å². The van der Waals surface area contributed by atoms with Crippen molar-refractivity contribution in [3.63, 3.8) is 0 Å². The summed E-state index contributed by atoms with van der Waals surface area (Å²) in [7, 11) is -0.682. The van der Waals surface area contributed by atoms with Gasteiger partial charge in [-0.25, -0.2) is 17.5 Å². The van der Waals surface area contributed by atoms with Gasteiger partial charge in [-0.05, 0) is 31.7 Å². The van der Waals surface area contributed by atoms with Crippen molar-refractivity contribution in [2.75, 3.05) is 20.8 Å². The Balaban J connectivity index is 3.02. The number of halogens is 1. The van der Waals surface area contributed by atoms with Crippen LogP contribution in [0.15, 0.2) is 23.1 Å². The predicted molar refractivity (Wildman–Crippen MR) is 70.8 cm³/mol. The molecule has 7 heteroatoms. The second-order valence-corrected chi connectivity index (χ2v) is 5.96. The Labute approximate surface area is 113 Å². The van der Waals surface area contributed by atoms with Gasteiger partial charge in [0.2, 0.25) is 10.0 Å². The zero-order valence-corrected chi connectivity index (χ0v) is 12.1. The molecule has 0 saturated heterocycles. The predicted octanol–water partition coefficient (Wildman–Crippen LogP) is 0.858. The van der Waals surface area contributed by atoms with Crippen molar-refractivity contribution in [1.82, 2.24) is 10.0 Å². The molecule has 1 unspecified atom stereocenters.